The third-order valence-electron chi connectivity index (χ3n) is 5.01. The molecule has 3 rings (SSSR count). The molecule has 160 valence electrons. The third-order valence-corrected chi connectivity index (χ3v) is 5.01. The molecular weight excluding hydrogens is 372 g/mol. The van der Waals surface area contributed by atoms with E-state index in [1.165, 1.54) is 14.0 Å². The molecule has 0 aromatic rings. The van der Waals surface area contributed by atoms with E-state index < -0.39 is 41.9 Å². The molecule has 3 fully saturated rings. The second-order valence-electron chi connectivity index (χ2n) is 8.25. The molecule has 1 unspecified atom stereocenters. The average Bonchev–Trinajstić information content (AvgIpc) is 3.28. The van der Waals surface area contributed by atoms with Crippen LogP contribution in [0.5, 0.6) is 0 Å². The maximum atomic E-state index is 11.9. The van der Waals surface area contributed by atoms with Gasteiger partial charge in [-0.05, 0) is 27.7 Å². The maximum absolute atomic E-state index is 11.9. The molecule has 3 heterocycles. The highest BCUT2D eigenvalue weighted by Crippen LogP contribution is 2.38. The molecule has 10 nitrogen and oxygen atoms in total. The molecule has 3 aliphatic rings. The lowest BCUT2D eigenvalue weighted by Gasteiger charge is -2.32. The Morgan fingerprint density at radius 3 is 2.43 bits per heavy atom. The molecular formula is C18H30N2O8. The normalized spacial score (nSPS) is 37.6. The molecule has 0 spiro atoms. The Kier molecular flexibility index (Phi) is 6.00. The van der Waals surface area contributed by atoms with Gasteiger partial charge in [0, 0.05) is 13.3 Å². The van der Waals surface area contributed by atoms with Gasteiger partial charge in [-0.25, -0.2) is 4.79 Å². The van der Waals surface area contributed by atoms with Gasteiger partial charge in [0.25, 0.3) is 0 Å². The molecule has 28 heavy (non-hydrogen) atoms. The van der Waals surface area contributed by atoms with Crippen LogP contribution in [0.1, 0.15) is 41.0 Å². The lowest BCUT2D eigenvalue weighted by Crippen LogP contribution is -2.58. The first kappa shape index (κ1) is 21.4. The summed E-state index contributed by atoms with van der Waals surface area (Å²) in [5.41, 5.74) is 2.84. The number of carbonyl (C=O) groups is 2. The van der Waals surface area contributed by atoms with Crippen molar-refractivity contribution in [3.8, 4) is 0 Å². The summed E-state index contributed by atoms with van der Waals surface area (Å²) >= 11 is 0. The minimum Gasteiger partial charge on any atom is -0.467 e. The largest absolute Gasteiger partial charge is 0.467 e. The zero-order valence-corrected chi connectivity index (χ0v) is 17.1. The molecule has 0 saturated carbocycles. The number of hydrogen-bond acceptors (Lipinski definition) is 9. The molecule has 6 atom stereocenters. The summed E-state index contributed by atoms with van der Waals surface area (Å²) in [5.74, 6) is -2.31. The highest BCUT2D eigenvalue weighted by Gasteiger charge is 2.54. The summed E-state index contributed by atoms with van der Waals surface area (Å²) in [6, 6.07) is -0.903. The molecule has 0 aliphatic carbocycles. The molecule has 1 amide bonds. The van der Waals surface area contributed by atoms with Crippen LogP contribution in [0.2, 0.25) is 0 Å². The Labute approximate surface area is 164 Å². The second kappa shape index (κ2) is 7.85. The standard InChI is InChI=1S/C18H30N2O8/c1-9(21)19-13(10-7-11(28-20-10)16(22)23-6)15-14(26-18(4,5)27-15)12-8-24-17(2,3)25-12/h10-15,20H,7-8H2,1-6H3,(H,19,21)/t10-,11-,12+,13?,14+,15+/m0/s1. The number of nitrogens with one attached hydrogen (secondary N) is 2. The van der Waals surface area contributed by atoms with E-state index in [0.29, 0.717) is 13.0 Å². The SMILES string of the molecule is COC(=O)[C@@H]1C[C@@H](C(NC(C)=O)[C@H]2OC(C)(C)O[C@@H]2[C@H]2COC(C)(C)O2)NO1. The van der Waals surface area contributed by atoms with E-state index in [0.717, 1.165) is 0 Å². The Bertz CT molecular complexity index is 610. The minimum absolute atomic E-state index is 0.232. The van der Waals surface area contributed by atoms with E-state index in [4.69, 9.17) is 28.5 Å². The number of amides is 1. The molecule has 2 N–H and O–H groups in total. The predicted octanol–water partition coefficient (Wildman–Crippen LogP) is -0.00220. The van der Waals surface area contributed by atoms with Gasteiger partial charge < -0.3 is 29.0 Å². The first-order chi connectivity index (χ1) is 13.0. The third kappa shape index (κ3) is 4.64. The zero-order chi connectivity index (χ0) is 20.7. The second-order valence-corrected chi connectivity index (χ2v) is 8.25. The quantitative estimate of drug-likeness (QED) is 0.613. The van der Waals surface area contributed by atoms with Gasteiger partial charge in [0.1, 0.15) is 18.3 Å². The Balaban J connectivity index is 1.81. The van der Waals surface area contributed by atoms with Crippen LogP contribution >= 0.6 is 0 Å². The molecule has 0 aromatic heterocycles. The van der Waals surface area contributed by atoms with Crippen LogP contribution in [0, 0.1) is 0 Å². The van der Waals surface area contributed by atoms with Crippen molar-refractivity contribution in [3.05, 3.63) is 0 Å². The van der Waals surface area contributed by atoms with Crippen LogP contribution < -0.4 is 10.8 Å². The predicted molar refractivity (Wildman–Crippen MR) is 94.8 cm³/mol. The fourth-order valence-corrected chi connectivity index (χ4v) is 3.90. The molecule has 3 saturated heterocycles. The summed E-state index contributed by atoms with van der Waals surface area (Å²) < 4.78 is 28.7. The molecule has 3 aliphatic heterocycles. The van der Waals surface area contributed by atoms with Crippen molar-refractivity contribution in [2.45, 2.75) is 89.1 Å². The number of hydrogen-bond donors (Lipinski definition) is 2. The zero-order valence-electron chi connectivity index (χ0n) is 17.1. The van der Waals surface area contributed by atoms with E-state index >= 15 is 0 Å². The smallest absolute Gasteiger partial charge is 0.337 e. The Hall–Kier alpha value is -1.30. The fourth-order valence-electron chi connectivity index (χ4n) is 3.90. The lowest BCUT2D eigenvalue weighted by molar-refractivity contribution is -0.175. The van der Waals surface area contributed by atoms with Crippen molar-refractivity contribution >= 4 is 11.9 Å². The number of ether oxygens (including phenoxy) is 5. The number of hydroxylamine groups is 1. The van der Waals surface area contributed by atoms with Crippen molar-refractivity contribution in [2.75, 3.05) is 13.7 Å². The average molecular weight is 402 g/mol. The van der Waals surface area contributed by atoms with Crippen molar-refractivity contribution in [1.29, 1.82) is 0 Å². The van der Waals surface area contributed by atoms with Crippen LogP contribution in [-0.2, 0) is 38.1 Å². The fraction of sp³-hybridized carbons (Fsp3) is 0.889. The van der Waals surface area contributed by atoms with Crippen LogP contribution in [0.25, 0.3) is 0 Å². The van der Waals surface area contributed by atoms with Crippen LogP contribution in [0.15, 0.2) is 0 Å². The maximum Gasteiger partial charge on any atom is 0.337 e. The summed E-state index contributed by atoms with van der Waals surface area (Å²) in [7, 11) is 1.30. The molecule has 0 radical (unpaired) electrons. The monoisotopic (exact) mass is 402 g/mol. The lowest BCUT2D eigenvalue weighted by atomic mass is 9.93. The number of esters is 1. The van der Waals surface area contributed by atoms with E-state index in [-0.39, 0.29) is 18.1 Å². The van der Waals surface area contributed by atoms with E-state index in [9.17, 15) is 9.59 Å². The van der Waals surface area contributed by atoms with Gasteiger partial charge in [-0.1, -0.05) is 0 Å². The van der Waals surface area contributed by atoms with Gasteiger partial charge in [-0.2, -0.15) is 5.48 Å². The first-order valence-corrected chi connectivity index (χ1v) is 9.45. The number of methoxy groups -OCH3 is 1. The van der Waals surface area contributed by atoms with Crippen molar-refractivity contribution < 1.29 is 38.1 Å². The summed E-state index contributed by atoms with van der Waals surface area (Å²) in [6.45, 7) is 9.06. The van der Waals surface area contributed by atoms with Crippen LogP contribution in [0.4, 0.5) is 0 Å². The molecule has 10 heteroatoms. The topological polar surface area (TPSA) is 114 Å². The highest BCUT2D eigenvalue weighted by molar-refractivity contribution is 5.75. The van der Waals surface area contributed by atoms with E-state index in [2.05, 4.69) is 10.8 Å². The van der Waals surface area contributed by atoms with Gasteiger partial charge >= 0.3 is 5.97 Å². The number of carbonyl (C=O) groups excluding carboxylic acids is 2. The van der Waals surface area contributed by atoms with E-state index in [1.54, 1.807) is 0 Å². The van der Waals surface area contributed by atoms with Crippen molar-refractivity contribution in [1.82, 2.24) is 10.8 Å². The van der Waals surface area contributed by atoms with E-state index in [1.807, 2.05) is 27.7 Å². The van der Waals surface area contributed by atoms with Gasteiger partial charge in [0.2, 0.25) is 5.91 Å². The minimum atomic E-state index is -0.872. The Morgan fingerprint density at radius 2 is 1.86 bits per heavy atom. The summed E-state index contributed by atoms with van der Waals surface area (Å²) in [4.78, 5) is 29.1. The first-order valence-electron chi connectivity index (χ1n) is 9.45. The van der Waals surface area contributed by atoms with Gasteiger partial charge in [-0.15, -0.1) is 0 Å². The number of rotatable bonds is 5. The highest BCUT2D eigenvalue weighted by atomic mass is 16.8. The summed E-state index contributed by atoms with van der Waals surface area (Å²) in [5, 5.41) is 2.92. The van der Waals surface area contributed by atoms with Crippen LogP contribution in [0.3, 0.4) is 0 Å². The molecule has 0 bridgehead atoms. The van der Waals surface area contributed by atoms with Gasteiger partial charge in [-0.3, -0.25) is 9.63 Å². The Morgan fingerprint density at radius 1 is 1.14 bits per heavy atom. The summed E-state index contributed by atoms with van der Waals surface area (Å²) in [6.07, 6.45) is -1.83. The van der Waals surface area contributed by atoms with Crippen molar-refractivity contribution in [2.24, 2.45) is 0 Å². The van der Waals surface area contributed by atoms with Crippen LogP contribution in [-0.4, -0.2) is 73.7 Å². The van der Waals surface area contributed by atoms with Crippen molar-refractivity contribution in [3.63, 3.8) is 0 Å². The van der Waals surface area contributed by atoms with Gasteiger partial charge in [0.05, 0.1) is 25.8 Å². The van der Waals surface area contributed by atoms with Gasteiger partial charge in [0.15, 0.2) is 17.7 Å². The molecule has 0 aromatic carbocycles.